The Bertz CT molecular complexity index is 3100. The molecule has 234 valence electrons. The van der Waals surface area contributed by atoms with Crippen molar-refractivity contribution in [3.63, 3.8) is 0 Å². The first kappa shape index (κ1) is 28.0. The summed E-state index contributed by atoms with van der Waals surface area (Å²) >= 11 is 3.77. The van der Waals surface area contributed by atoms with Gasteiger partial charge in [0.2, 0.25) is 0 Å². The Balaban J connectivity index is 1.09. The zero-order chi connectivity index (χ0) is 32.8. The van der Waals surface area contributed by atoms with Crippen LogP contribution in [-0.2, 0) is 0 Å². The Morgan fingerprint density at radius 3 is 1.70 bits per heavy atom. The highest BCUT2D eigenvalue weighted by Gasteiger charge is 2.18. The van der Waals surface area contributed by atoms with Crippen LogP contribution in [0.1, 0.15) is 0 Å². The summed E-state index contributed by atoms with van der Waals surface area (Å²) in [5.74, 6) is 0. The van der Waals surface area contributed by atoms with E-state index in [-0.39, 0.29) is 0 Å². The number of nitrogens with zero attached hydrogens (tertiary/aromatic N) is 2. The van der Waals surface area contributed by atoms with E-state index in [1.165, 1.54) is 78.6 Å². The highest BCUT2D eigenvalue weighted by Crippen LogP contribution is 2.44. The third-order valence-corrected chi connectivity index (χ3v) is 12.4. The number of rotatable bonds is 4. The maximum atomic E-state index is 2.40. The summed E-state index contributed by atoms with van der Waals surface area (Å²) < 4.78 is 7.69. The summed E-state index contributed by atoms with van der Waals surface area (Å²) in [6.45, 7) is 0. The quantitative estimate of drug-likeness (QED) is 0.181. The van der Waals surface area contributed by atoms with Gasteiger partial charge in [-0.15, -0.1) is 22.7 Å². The molecule has 3 aromatic heterocycles. The van der Waals surface area contributed by atoms with Gasteiger partial charge in [0.05, 0.1) is 11.0 Å². The number of anilines is 3. The molecule has 0 radical (unpaired) electrons. The van der Waals surface area contributed by atoms with Crippen molar-refractivity contribution in [3.8, 4) is 5.69 Å². The van der Waals surface area contributed by atoms with Gasteiger partial charge in [0, 0.05) is 73.9 Å². The van der Waals surface area contributed by atoms with Crippen molar-refractivity contribution in [1.82, 2.24) is 4.57 Å². The zero-order valence-electron chi connectivity index (χ0n) is 26.9. The molecule has 0 aliphatic heterocycles. The van der Waals surface area contributed by atoms with Crippen molar-refractivity contribution in [2.75, 3.05) is 4.90 Å². The molecule has 0 saturated heterocycles. The lowest BCUT2D eigenvalue weighted by atomic mass is 10.0. The van der Waals surface area contributed by atoms with Gasteiger partial charge in [-0.25, -0.2) is 0 Å². The smallest absolute Gasteiger partial charge is 0.0542 e. The molecule has 0 bridgehead atoms. The summed E-state index contributed by atoms with van der Waals surface area (Å²) in [5.41, 5.74) is 7.01. The predicted molar refractivity (Wildman–Crippen MR) is 219 cm³/mol. The topological polar surface area (TPSA) is 8.17 Å². The van der Waals surface area contributed by atoms with Gasteiger partial charge in [-0.05, 0) is 102 Å². The van der Waals surface area contributed by atoms with E-state index < -0.39 is 0 Å². The lowest BCUT2D eigenvalue weighted by Crippen LogP contribution is -2.09. The van der Waals surface area contributed by atoms with E-state index in [0.29, 0.717) is 0 Å². The third-order valence-electron chi connectivity index (χ3n) is 10.1. The Morgan fingerprint density at radius 2 is 0.900 bits per heavy atom. The van der Waals surface area contributed by atoms with Crippen LogP contribution < -0.4 is 4.90 Å². The first-order valence-corrected chi connectivity index (χ1v) is 18.6. The summed E-state index contributed by atoms with van der Waals surface area (Å²) in [5, 5.41) is 10.4. The minimum Gasteiger partial charge on any atom is -0.310 e. The second kappa shape index (κ2) is 10.8. The van der Waals surface area contributed by atoms with Crippen molar-refractivity contribution in [2.45, 2.75) is 0 Å². The summed E-state index contributed by atoms with van der Waals surface area (Å²) in [6.07, 6.45) is 0. The van der Waals surface area contributed by atoms with Gasteiger partial charge < -0.3 is 9.47 Å². The highest BCUT2D eigenvalue weighted by atomic mass is 32.1. The number of hydrogen-bond donors (Lipinski definition) is 0. The molecule has 3 heterocycles. The van der Waals surface area contributed by atoms with Gasteiger partial charge >= 0.3 is 0 Å². The lowest BCUT2D eigenvalue weighted by molar-refractivity contribution is 1.18. The molecule has 50 heavy (non-hydrogen) atoms. The largest absolute Gasteiger partial charge is 0.310 e. The minimum atomic E-state index is 1.14. The molecule has 2 nitrogen and oxygen atoms in total. The molecule has 11 aromatic rings. The first-order chi connectivity index (χ1) is 24.8. The van der Waals surface area contributed by atoms with Crippen molar-refractivity contribution < 1.29 is 0 Å². The molecular formula is C46H28N2S2. The van der Waals surface area contributed by atoms with E-state index >= 15 is 0 Å². The van der Waals surface area contributed by atoms with Crippen LogP contribution in [0.3, 0.4) is 0 Å². The number of fused-ring (bicyclic) bond motifs is 10. The minimum absolute atomic E-state index is 1.14. The average molecular weight is 673 g/mol. The van der Waals surface area contributed by atoms with Crippen LogP contribution in [0.15, 0.2) is 170 Å². The highest BCUT2D eigenvalue weighted by molar-refractivity contribution is 7.26. The maximum Gasteiger partial charge on any atom is 0.0542 e. The van der Waals surface area contributed by atoms with Crippen LogP contribution in [0.25, 0.3) is 78.6 Å². The first-order valence-electron chi connectivity index (χ1n) is 16.9. The Labute approximate surface area is 296 Å². The van der Waals surface area contributed by atoms with Gasteiger partial charge in [-0.2, -0.15) is 0 Å². The van der Waals surface area contributed by atoms with Gasteiger partial charge in [0.15, 0.2) is 0 Å². The maximum absolute atomic E-state index is 2.40. The van der Waals surface area contributed by atoms with Crippen LogP contribution in [0.2, 0.25) is 0 Å². The molecule has 0 spiro atoms. The fraction of sp³-hybridized carbons (Fsp3) is 0. The van der Waals surface area contributed by atoms with E-state index in [0.717, 1.165) is 17.1 Å². The molecule has 0 unspecified atom stereocenters. The van der Waals surface area contributed by atoms with Crippen LogP contribution >= 0.6 is 22.7 Å². The number of thiophene rings is 2. The van der Waals surface area contributed by atoms with E-state index in [4.69, 9.17) is 0 Å². The number of hydrogen-bond acceptors (Lipinski definition) is 3. The molecule has 0 amide bonds. The molecule has 0 fully saturated rings. The number of aromatic nitrogens is 1. The van der Waals surface area contributed by atoms with Crippen LogP contribution in [0.4, 0.5) is 17.1 Å². The Morgan fingerprint density at radius 1 is 0.340 bits per heavy atom. The summed E-state index contributed by atoms with van der Waals surface area (Å²) in [7, 11) is 0. The number of para-hydroxylation sites is 3. The third kappa shape index (κ3) is 4.19. The summed E-state index contributed by atoms with van der Waals surface area (Å²) in [4.78, 5) is 2.40. The fourth-order valence-corrected chi connectivity index (χ4v) is 10.2. The average Bonchev–Trinajstić information content (AvgIpc) is 3.82. The van der Waals surface area contributed by atoms with Crippen LogP contribution in [0, 0.1) is 0 Å². The van der Waals surface area contributed by atoms with E-state index in [2.05, 4.69) is 179 Å². The normalized spacial score (nSPS) is 12.0. The molecule has 4 heteroatoms. The van der Waals surface area contributed by atoms with E-state index in [1.807, 2.05) is 22.7 Å². The molecule has 0 atom stereocenters. The monoisotopic (exact) mass is 672 g/mol. The summed E-state index contributed by atoms with van der Waals surface area (Å²) in [6, 6.07) is 62.4. The van der Waals surface area contributed by atoms with Crippen molar-refractivity contribution in [3.05, 3.63) is 170 Å². The fourth-order valence-electron chi connectivity index (χ4n) is 7.85. The van der Waals surface area contributed by atoms with Gasteiger partial charge in [-0.3, -0.25) is 0 Å². The van der Waals surface area contributed by atoms with Gasteiger partial charge in [0.25, 0.3) is 0 Å². The molecule has 0 saturated carbocycles. The molecule has 11 rings (SSSR count). The van der Waals surface area contributed by atoms with Crippen molar-refractivity contribution in [1.29, 1.82) is 0 Å². The second-order valence-corrected chi connectivity index (χ2v) is 15.2. The van der Waals surface area contributed by atoms with Crippen molar-refractivity contribution in [2.24, 2.45) is 0 Å². The molecule has 0 aliphatic rings. The molecule has 0 N–H and O–H groups in total. The predicted octanol–water partition coefficient (Wildman–Crippen LogP) is 14.1. The lowest BCUT2D eigenvalue weighted by Gasteiger charge is -2.25. The van der Waals surface area contributed by atoms with Gasteiger partial charge in [-0.1, -0.05) is 78.9 Å². The SMILES string of the molecule is c1ccc(N(c2ccc3c(c2)sc2cc4cc5sc6ccccc6c5cc4cc23)c2ccc3c(c2)c2ccccc2n3-c2ccccc2)cc1. The Kier molecular flexibility index (Phi) is 6.03. The standard InChI is InChI=1S/C46H28N2S2/c1-3-11-31(12-4-1)47(33-20-22-42-38(27-33)35-15-7-9-17-41(35)48(42)32-13-5-2-6-14-32)34-19-21-37-40-24-29-23-39-36-16-8-10-18-43(36)49-44(39)25-30(29)26-45(40)50-46(37)28-34/h1-28H. The number of benzene rings is 8. The van der Waals surface area contributed by atoms with Crippen LogP contribution in [0.5, 0.6) is 0 Å². The van der Waals surface area contributed by atoms with Crippen LogP contribution in [-0.4, -0.2) is 4.57 Å². The van der Waals surface area contributed by atoms with E-state index in [9.17, 15) is 0 Å². The second-order valence-electron chi connectivity index (χ2n) is 13.0. The molecule has 8 aromatic carbocycles. The van der Waals surface area contributed by atoms with Gasteiger partial charge in [0.1, 0.15) is 0 Å². The van der Waals surface area contributed by atoms with Crippen molar-refractivity contribution >= 4 is 113 Å². The molecule has 0 aliphatic carbocycles. The zero-order valence-corrected chi connectivity index (χ0v) is 28.5. The Hall–Kier alpha value is -5.94. The molecular weight excluding hydrogens is 645 g/mol. The van der Waals surface area contributed by atoms with E-state index in [1.54, 1.807) is 0 Å².